The third kappa shape index (κ3) is 7.51. The maximum Gasteiger partial charge on any atom is 0.255 e. The van der Waals surface area contributed by atoms with Crippen molar-refractivity contribution < 1.29 is 27.3 Å². The molecule has 4 rings (SSSR count). The maximum atomic E-state index is 9.47. The van der Waals surface area contributed by atoms with E-state index in [9.17, 15) is 8.42 Å². The predicted molar refractivity (Wildman–Crippen MR) is 140 cm³/mol. The SMILES string of the molecule is COc1ccc(Nc2ccc(N(C)/N=C\c3cc[n+](C)c4ccccc34)cc2)cc1.CS(=O)(=O)O[O-]. The summed E-state index contributed by atoms with van der Waals surface area (Å²) in [6.07, 6.45) is 4.65. The molecule has 0 aliphatic heterocycles. The summed E-state index contributed by atoms with van der Waals surface area (Å²) in [6, 6.07) is 26.5. The highest BCUT2D eigenvalue weighted by Gasteiger charge is 2.07. The first-order chi connectivity index (χ1) is 17.2. The van der Waals surface area contributed by atoms with Gasteiger partial charge < -0.3 is 19.6 Å². The molecule has 0 saturated carbocycles. The number of aryl methyl sites for hydroxylation is 1. The first kappa shape index (κ1) is 26.6. The van der Waals surface area contributed by atoms with Gasteiger partial charge in [-0.15, -0.1) is 0 Å². The summed E-state index contributed by atoms with van der Waals surface area (Å²) in [6.45, 7) is 0. The monoisotopic (exact) mass is 508 g/mol. The van der Waals surface area contributed by atoms with Crippen LogP contribution in [-0.4, -0.2) is 35.0 Å². The van der Waals surface area contributed by atoms with E-state index < -0.39 is 10.1 Å². The zero-order valence-corrected chi connectivity index (χ0v) is 21.3. The zero-order chi connectivity index (χ0) is 26.1. The summed E-state index contributed by atoms with van der Waals surface area (Å²) < 4.78 is 28.9. The fourth-order valence-corrected chi connectivity index (χ4v) is 3.32. The molecule has 3 aromatic carbocycles. The van der Waals surface area contributed by atoms with E-state index in [1.165, 1.54) is 10.9 Å². The van der Waals surface area contributed by atoms with Gasteiger partial charge in [-0.05, 0) is 54.6 Å². The van der Waals surface area contributed by atoms with Gasteiger partial charge in [0.25, 0.3) is 10.1 Å². The summed E-state index contributed by atoms with van der Waals surface area (Å²) >= 11 is 0. The van der Waals surface area contributed by atoms with Crippen molar-refractivity contribution in [2.75, 3.05) is 30.7 Å². The number of hydrogen-bond donors (Lipinski definition) is 1. The highest BCUT2D eigenvalue weighted by molar-refractivity contribution is 7.85. The van der Waals surface area contributed by atoms with Crippen LogP contribution < -0.4 is 24.9 Å². The van der Waals surface area contributed by atoms with E-state index in [-0.39, 0.29) is 0 Å². The average molecular weight is 509 g/mol. The Morgan fingerprint density at radius 3 is 2.14 bits per heavy atom. The van der Waals surface area contributed by atoms with Crippen molar-refractivity contribution in [1.82, 2.24) is 0 Å². The fraction of sp³-hybridized carbons (Fsp3) is 0.154. The molecule has 0 saturated heterocycles. The van der Waals surface area contributed by atoms with Crippen LogP contribution in [0.5, 0.6) is 5.75 Å². The van der Waals surface area contributed by atoms with E-state index in [2.05, 4.69) is 62.9 Å². The van der Waals surface area contributed by atoms with Crippen LogP contribution in [0.3, 0.4) is 0 Å². The number of hydrogen-bond acceptors (Lipinski definition) is 8. The molecule has 0 fully saturated rings. The van der Waals surface area contributed by atoms with Crippen LogP contribution in [0.15, 0.2) is 90.2 Å². The molecule has 0 unspecified atom stereocenters. The molecule has 9 nitrogen and oxygen atoms in total. The standard InChI is InChI=1S/C25H25N4O.CH4O4S/c1-28-17-16-19(24-6-4-5-7-25(24)28)18-26-29(2)22-12-8-20(9-13-22)27-21-10-14-23(30-3)15-11-21;1-6(3,4)5-2/h4-18,27H,1-3H3;2H,1H3/q+1;/p-1. The minimum Gasteiger partial charge on any atom is -0.707 e. The van der Waals surface area contributed by atoms with Gasteiger partial charge in [-0.25, -0.2) is 13.0 Å². The number of fused-ring (bicyclic) bond motifs is 1. The fourth-order valence-electron chi connectivity index (χ4n) is 3.32. The van der Waals surface area contributed by atoms with Crippen LogP contribution in [0.25, 0.3) is 10.9 Å². The van der Waals surface area contributed by atoms with Crippen molar-refractivity contribution in [3.05, 3.63) is 90.6 Å². The molecular formula is C26H28N4O5S. The molecule has 10 heteroatoms. The molecular weight excluding hydrogens is 480 g/mol. The van der Waals surface area contributed by atoms with Gasteiger partial charge in [0.15, 0.2) is 6.20 Å². The Balaban J connectivity index is 0.000000538. The molecule has 0 radical (unpaired) electrons. The Morgan fingerprint density at radius 1 is 0.972 bits per heavy atom. The second-order valence-electron chi connectivity index (χ2n) is 7.84. The van der Waals surface area contributed by atoms with Gasteiger partial charge in [-0.2, -0.15) is 5.10 Å². The smallest absolute Gasteiger partial charge is 0.255 e. The topological polar surface area (TPSA) is 107 Å². The molecule has 188 valence electrons. The Kier molecular flexibility index (Phi) is 8.96. The van der Waals surface area contributed by atoms with Crippen LogP contribution in [0.2, 0.25) is 0 Å². The number of pyridine rings is 1. The lowest BCUT2D eigenvalue weighted by molar-refractivity contribution is -0.644. The third-order valence-electron chi connectivity index (χ3n) is 5.19. The number of methoxy groups -OCH3 is 1. The maximum absolute atomic E-state index is 9.47. The molecule has 0 spiro atoms. The number of benzene rings is 3. The third-order valence-corrected chi connectivity index (χ3v) is 5.43. The van der Waals surface area contributed by atoms with Gasteiger partial charge in [0.2, 0.25) is 5.52 Å². The molecule has 1 heterocycles. The Bertz CT molecular complexity index is 1420. The quantitative estimate of drug-likeness (QED) is 0.177. The van der Waals surface area contributed by atoms with Crippen molar-refractivity contribution in [3.63, 3.8) is 0 Å². The number of anilines is 3. The summed E-state index contributed by atoms with van der Waals surface area (Å²) in [5.74, 6) is 0.843. The normalized spacial score (nSPS) is 11.1. The molecule has 0 bridgehead atoms. The van der Waals surface area contributed by atoms with E-state index in [0.29, 0.717) is 6.26 Å². The first-order valence-electron chi connectivity index (χ1n) is 10.9. The molecule has 1 aromatic heterocycles. The molecule has 0 aliphatic rings. The van der Waals surface area contributed by atoms with Gasteiger partial charge in [-0.3, -0.25) is 5.01 Å². The van der Waals surface area contributed by atoms with E-state index >= 15 is 0 Å². The van der Waals surface area contributed by atoms with Crippen LogP contribution in [-0.2, 0) is 21.5 Å². The summed E-state index contributed by atoms with van der Waals surface area (Å²) in [5, 5.41) is 19.9. The van der Waals surface area contributed by atoms with Gasteiger partial charge in [0.1, 0.15) is 12.8 Å². The highest BCUT2D eigenvalue weighted by atomic mass is 32.2. The van der Waals surface area contributed by atoms with Gasteiger partial charge in [0.05, 0.1) is 30.7 Å². The molecule has 4 aromatic rings. The van der Waals surface area contributed by atoms with E-state index in [0.717, 1.165) is 28.4 Å². The van der Waals surface area contributed by atoms with Gasteiger partial charge in [0, 0.05) is 36.1 Å². The van der Waals surface area contributed by atoms with Gasteiger partial charge >= 0.3 is 0 Å². The minimum absolute atomic E-state index is 0.681. The Hall–Kier alpha value is -3.99. The number of aromatic nitrogens is 1. The lowest BCUT2D eigenvalue weighted by Gasteiger charge is -2.14. The largest absolute Gasteiger partial charge is 0.707 e. The van der Waals surface area contributed by atoms with Crippen molar-refractivity contribution in [3.8, 4) is 5.75 Å². The van der Waals surface area contributed by atoms with Crippen molar-refractivity contribution in [2.45, 2.75) is 0 Å². The lowest BCUT2D eigenvalue weighted by atomic mass is 10.1. The Labute approximate surface area is 210 Å². The number of ether oxygens (including phenoxy) is 1. The second-order valence-corrected chi connectivity index (χ2v) is 9.38. The number of nitrogens with one attached hydrogen (secondary N) is 1. The zero-order valence-electron chi connectivity index (χ0n) is 20.5. The molecule has 1 N–H and O–H groups in total. The molecule has 36 heavy (non-hydrogen) atoms. The van der Waals surface area contributed by atoms with Gasteiger partial charge in [-0.1, -0.05) is 12.1 Å². The number of para-hydroxylation sites is 1. The number of rotatable bonds is 7. The summed E-state index contributed by atoms with van der Waals surface area (Å²) in [7, 11) is 1.95. The van der Waals surface area contributed by atoms with Crippen LogP contribution in [0.1, 0.15) is 5.56 Å². The number of nitrogens with zero attached hydrogens (tertiary/aromatic N) is 3. The van der Waals surface area contributed by atoms with Crippen LogP contribution in [0, 0.1) is 0 Å². The molecule has 0 atom stereocenters. The first-order valence-corrected chi connectivity index (χ1v) is 12.7. The van der Waals surface area contributed by atoms with Crippen molar-refractivity contribution in [2.24, 2.45) is 12.1 Å². The van der Waals surface area contributed by atoms with E-state index in [4.69, 9.17) is 9.99 Å². The molecule has 0 amide bonds. The second kappa shape index (κ2) is 12.1. The average Bonchev–Trinajstić information content (AvgIpc) is 2.89. The predicted octanol–water partition coefficient (Wildman–Crippen LogP) is 3.12. The van der Waals surface area contributed by atoms with E-state index in [1.54, 1.807) is 7.11 Å². The molecule has 0 aliphatic carbocycles. The minimum atomic E-state index is -3.72. The van der Waals surface area contributed by atoms with Crippen molar-refractivity contribution in [1.29, 1.82) is 0 Å². The highest BCUT2D eigenvalue weighted by Crippen LogP contribution is 2.23. The van der Waals surface area contributed by atoms with Crippen LogP contribution >= 0.6 is 0 Å². The van der Waals surface area contributed by atoms with E-state index in [1.807, 2.05) is 66.8 Å². The summed E-state index contributed by atoms with van der Waals surface area (Å²) in [4.78, 5) is 0. The van der Waals surface area contributed by atoms with Crippen LogP contribution in [0.4, 0.5) is 17.1 Å². The summed E-state index contributed by atoms with van der Waals surface area (Å²) in [5.41, 5.74) is 5.31. The lowest BCUT2D eigenvalue weighted by Crippen LogP contribution is -2.28. The Morgan fingerprint density at radius 2 is 1.56 bits per heavy atom. The number of hydrazone groups is 1. The van der Waals surface area contributed by atoms with Crippen molar-refractivity contribution >= 4 is 44.3 Å².